The minimum Gasteiger partial charge on any atom is -0.383 e. The summed E-state index contributed by atoms with van der Waals surface area (Å²) in [6.07, 6.45) is 4.51. The van der Waals surface area contributed by atoms with Gasteiger partial charge in [0.1, 0.15) is 16.7 Å². The molecule has 1 aromatic carbocycles. The third-order valence-corrected chi connectivity index (χ3v) is 4.87. The smallest absolute Gasteiger partial charge is 0.131 e. The molecule has 1 aliphatic rings. The van der Waals surface area contributed by atoms with Gasteiger partial charge in [-0.3, -0.25) is 0 Å². The van der Waals surface area contributed by atoms with Crippen LogP contribution in [0.25, 0.3) is 0 Å². The zero-order valence-corrected chi connectivity index (χ0v) is 12.8. The van der Waals surface area contributed by atoms with E-state index in [1.807, 2.05) is 13.8 Å². The van der Waals surface area contributed by atoms with Gasteiger partial charge >= 0.3 is 0 Å². The molecule has 0 atom stereocenters. The van der Waals surface area contributed by atoms with Crippen LogP contribution in [0.4, 0.5) is 5.82 Å². The summed E-state index contributed by atoms with van der Waals surface area (Å²) in [6.45, 7) is 4.04. The molecule has 0 amide bonds. The van der Waals surface area contributed by atoms with E-state index in [4.69, 9.17) is 5.73 Å². The molecule has 0 saturated heterocycles. The first-order chi connectivity index (χ1) is 9.67. The van der Waals surface area contributed by atoms with Gasteiger partial charge in [0.2, 0.25) is 0 Å². The number of nitrogens with two attached hydrogens (primary N) is 1. The zero-order valence-electron chi connectivity index (χ0n) is 11.9. The van der Waals surface area contributed by atoms with Crippen LogP contribution < -0.4 is 5.73 Å². The molecule has 0 saturated carbocycles. The van der Waals surface area contributed by atoms with Crippen molar-refractivity contribution in [2.45, 2.75) is 49.5 Å². The van der Waals surface area contributed by atoms with E-state index < -0.39 is 0 Å². The van der Waals surface area contributed by atoms with Gasteiger partial charge < -0.3 is 5.73 Å². The van der Waals surface area contributed by atoms with Gasteiger partial charge in [0, 0.05) is 16.9 Å². The Morgan fingerprint density at radius 1 is 1.20 bits per heavy atom. The molecule has 20 heavy (non-hydrogen) atoms. The number of hydrogen-bond acceptors (Lipinski definition) is 4. The van der Waals surface area contributed by atoms with Gasteiger partial charge in [-0.2, -0.15) is 0 Å². The second kappa shape index (κ2) is 5.44. The number of rotatable bonds is 3. The Bertz CT molecular complexity index is 652. The SMILES string of the molecule is CCc1nc(N)c(C)c(Sc2ccc3c(c2)CCC3)n1. The molecular formula is C16H19N3S. The second-order valence-corrected chi connectivity index (χ2v) is 6.26. The largest absolute Gasteiger partial charge is 0.383 e. The van der Waals surface area contributed by atoms with Gasteiger partial charge in [-0.1, -0.05) is 24.8 Å². The van der Waals surface area contributed by atoms with Crippen LogP contribution in [0.3, 0.4) is 0 Å². The Balaban J connectivity index is 1.93. The summed E-state index contributed by atoms with van der Waals surface area (Å²) in [5.41, 5.74) is 9.95. The normalized spacial score (nSPS) is 13.5. The summed E-state index contributed by atoms with van der Waals surface area (Å²) < 4.78 is 0. The first-order valence-corrected chi connectivity index (χ1v) is 7.91. The van der Waals surface area contributed by atoms with E-state index in [1.54, 1.807) is 11.8 Å². The summed E-state index contributed by atoms with van der Waals surface area (Å²) >= 11 is 1.69. The average Bonchev–Trinajstić information content (AvgIpc) is 2.91. The van der Waals surface area contributed by atoms with Gasteiger partial charge in [-0.25, -0.2) is 9.97 Å². The van der Waals surface area contributed by atoms with Crippen LogP contribution in [-0.2, 0) is 19.3 Å². The first kappa shape index (κ1) is 13.4. The molecule has 0 unspecified atom stereocenters. The van der Waals surface area contributed by atoms with Crippen LogP contribution >= 0.6 is 11.8 Å². The first-order valence-electron chi connectivity index (χ1n) is 7.10. The summed E-state index contributed by atoms with van der Waals surface area (Å²) in [4.78, 5) is 10.2. The number of nitrogens with zero attached hydrogens (tertiary/aromatic N) is 2. The van der Waals surface area contributed by atoms with Crippen molar-refractivity contribution in [2.24, 2.45) is 0 Å². The van der Waals surface area contributed by atoms with E-state index in [9.17, 15) is 0 Å². The van der Waals surface area contributed by atoms with E-state index in [1.165, 1.54) is 35.3 Å². The molecule has 0 fully saturated rings. The third-order valence-electron chi connectivity index (χ3n) is 3.79. The number of aromatic nitrogens is 2. The molecule has 0 aliphatic heterocycles. The lowest BCUT2D eigenvalue weighted by molar-refractivity contribution is 0.878. The molecule has 1 aliphatic carbocycles. The van der Waals surface area contributed by atoms with E-state index in [2.05, 4.69) is 28.2 Å². The maximum atomic E-state index is 5.98. The maximum Gasteiger partial charge on any atom is 0.131 e. The number of benzene rings is 1. The van der Waals surface area contributed by atoms with Crippen molar-refractivity contribution < 1.29 is 0 Å². The third kappa shape index (κ3) is 2.52. The molecule has 3 nitrogen and oxygen atoms in total. The van der Waals surface area contributed by atoms with Crippen molar-refractivity contribution in [3.63, 3.8) is 0 Å². The number of aryl methyl sites for hydroxylation is 3. The molecule has 1 aromatic heterocycles. The molecule has 2 aromatic rings. The van der Waals surface area contributed by atoms with Crippen LogP contribution in [0.15, 0.2) is 28.1 Å². The molecule has 0 radical (unpaired) electrons. The standard InChI is InChI=1S/C16H19N3S/c1-3-14-18-15(17)10(2)16(19-14)20-13-8-7-11-5-4-6-12(11)9-13/h7-9H,3-6H2,1-2H3,(H2,17,18,19). The van der Waals surface area contributed by atoms with Crippen LogP contribution in [0.5, 0.6) is 0 Å². The Labute approximate surface area is 124 Å². The van der Waals surface area contributed by atoms with Gasteiger partial charge in [0.05, 0.1) is 0 Å². The zero-order chi connectivity index (χ0) is 14.1. The molecule has 1 heterocycles. The second-order valence-electron chi connectivity index (χ2n) is 5.19. The highest BCUT2D eigenvalue weighted by atomic mass is 32.2. The summed E-state index contributed by atoms with van der Waals surface area (Å²) in [6, 6.07) is 6.75. The Kier molecular flexibility index (Phi) is 3.66. The van der Waals surface area contributed by atoms with Crippen molar-refractivity contribution >= 4 is 17.6 Å². The predicted octanol–water partition coefficient (Wildman–Crippen LogP) is 3.57. The Hall–Kier alpha value is -1.55. The lowest BCUT2D eigenvalue weighted by atomic mass is 10.1. The van der Waals surface area contributed by atoms with Crippen molar-refractivity contribution in [1.29, 1.82) is 0 Å². The van der Waals surface area contributed by atoms with Crippen LogP contribution in [0, 0.1) is 6.92 Å². The molecule has 4 heteroatoms. The fourth-order valence-corrected chi connectivity index (χ4v) is 3.51. The van der Waals surface area contributed by atoms with E-state index in [0.717, 1.165) is 22.8 Å². The Morgan fingerprint density at radius 3 is 2.80 bits per heavy atom. The fraction of sp³-hybridized carbons (Fsp3) is 0.375. The highest BCUT2D eigenvalue weighted by molar-refractivity contribution is 7.99. The monoisotopic (exact) mass is 285 g/mol. The molecule has 3 rings (SSSR count). The highest BCUT2D eigenvalue weighted by Gasteiger charge is 2.13. The minimum atomic E-state index is 0.598. The number of nitrogen functional groups attached to an aromatic ring is 1. The van der Waals surface area contributed by atoms with Crippen molar-refractivity contribution in [1.82, 2.24) is 9.97 Å². The average molecular weight is 285 g/mol. The fourth-order valence-electron chi connectivity index (χ4n) is 2.54. The molecular weight excluding hydrogens is 266 g/mol. The quantitative estimate of drug-likeness (QED) is 0.876. The Morgan fingerprint density at radius 2 is 2.00 bits per heavy atom. The van der Waals surface area contributed by atoms with Crippen molar-refractivity contribution in [3.05, 3.63) is 40.7 Å². The lowest BCUT2D eigenvalue weighted by Crippen LogP contribution is -2.03. The highest BCUT2D eigenvalue weighted by Crippen LogP contribution is 2.33. The van der Waals surface area contributed by atoms with Crippen LogP contribution in [-0.4, -0.2) is 9.97 Å². The van der Waals surface area contributed by atoms with Crippen molar-refractivity contribution in [3.8, 4) is 0 Å². The van der Waals surface area contributed by atoms with E-state index in [-0.39, 0.29) is 0 Å². The van der Waals surface area contributed by atoms with Gasteiger partial charge in [0.15, 0.2) is 0 Å². The van der Waals surface area contributed by atoms with E-state index >= 15 is 0 Å². The van der Waals surface area contributed by atoms with Gasteiger partial charge in [-0.15, -0.1) is 0 Å². The number of hydrogen-bond donors (Lipinski definition) is 1. The van der Waals surface area contributed by atoms with Crippen molar-refractivity contribution in [2.75, 3.05) is 5.73 Å². The molecule has 0 bridgehead atoms. The molecule has 0 spiro atoms. The predicted molar refractivity (Wildman–Crippen MR) is 83.1 cm³/mol. The summed E-state index contributed by atoms with van der Waals surface area (Å²) in [5, 5.41) is 0.979. The summed E-state index contributed by atoms with van der Waals surface area (Å²) in [7, 11) is 0. The van der Waals surface area contributed by atoms with Gasteiger partial charge in [-0.05, 0) is 49.4 Å². The summed E-state index contributed by atoms with van der Waals surface area (Å²) in [5.74, 6) is 1.41. The maximum absolute atomic E-state index is 5.98. The number of anilines is 1. The molecule has 104 valence electrons. The lowest BCUT2D eigenvalue weighted by Gasteiger charge is -2.09. The topological polar surface area (TPSA) is 51.8 Å². The van der Waals surface area contributed by atoms with Crippen LogP contribution in [0.1, 0.15) is 35.9 Å². The van der Waals surface area contributed by atoms with Gasteiger partial charge in [0.25, 0.3) is 0 Å². The van der Waals surface area contributed by atoms with E-state index in [0.29, 0.717) is 5.82 Å². The molecule has 2 N–H and O–H groups in total. The van der Waals surface area contributed by atoms with Crippen LogP contribution in [0.2, 0.25) is 0 Å². The number of fused-ring (bicyclic) bond motifs is 1. The minimum absolute atomic E-state index is 0.598.